The lowest BCUT2D eigenvalue weighted by Gasteiger charge is -2.19. The van der Waals surface area contributed by atoms with E-state index in [9.17, 15) is 0 Å². The Balaban J connectivity index is 2.17. The second kappa shape index (κ2) is 7.46. The average molecular weight is 292 g/mol. The lowest BCUT2D eigenvalue weighted by Crippen LogP contribution is -2.27. The lowest BCUT2D eigenvalue weighted by atomic mass is 10.1. The molecule has 1 aromatic carbocycles. The van der Waals surface area contributed by atoms with Crippen molar-refractivity contribution >= 4 is 11.6 Å². The van der Waals surface area contributed by atoms with Gasteiger partial charge in [-0.25, -0.2) is 4.98 Å². The molecule has 0 radical (unpaired) electrons. The van der Waals surface area contributed by atoms with Crippen LogP contribution in [-0.4, -0.2) is 16.1 Å². The third kappa shape index (κ3) is 3.84. The number of benzene rings is 1. The van der Waals surface area contributed by atoms with Crippen molar-refractivity contribution in [1.29, 1.82) is 0 Å². The number of halogens is 1. The molecule has 1 atom stereocenters. The number of imidazole rings is 1. The van der Waals surface area contributed by atoms with Crippen LogP contribution in [0.1, 0.15) is 37.7 Å². The smallest absolute Gasteiger partial charge is 0.126 e. The summed E-state index contributed by atoms with van der Waals surface area (Å²) in [5.74, 6) is 1.11. The predicted molar refractivity (Wildman–Crippen MR) is 84.1 cm³/mol. The molecular weight excluding hydrogens is 270 g/mol. The maximum atomic E-state index is 5.95. The molecule has 0 spiro atoms. The van der Waals surface area contributed by atoms with E-state index in [0.29, 0.717) is 0 Å². The summed E-state index contributed by atoms with van der Waals surface area (Å²) in [6.07, 6.45) is 5.96. The monoisotopic (exact) mass is 291 g/mol. The van der Waals surface area contributed by atoms with Gasteiger partial charge in [0.1, 0.15) is 5.82 Å². The minimum Gasteiger partial charge on any atom is -0.334 e. The Hall–Kier alpha value is -1.32. The standard InChI is InChI=1S/C16H22ClN3/c1-3-9-18-15(16-19-10-11-20(16)4-2)12-13-5-7-14(17)8-6-13/h5-8,10-11,15,18H,3-4,9,12H2,1-2H3. The molecule has 0 aliphatic heterocycles. The van der Waals surface area contributed by atoms with Crippen LogP contribution in [0.25, 0.3) is 0 Å². The van der Waals surface area contributed by atoms with Crippen LogP contribution < -0.4 is 5.32 Å². The van der Waals surface area contributed by atoms with Crippen LogP contribution in [0.3, 0.4) is 0 Å². The van der Waals surface area contributed by atoms with Crippen molar-refractivity contribution < 1.29 is 0 Å². The van der Waals surface area contributed by atoms with E-state index >= 15 is 0 Å². The van der Waals surface area contributed by atoms with Crippen molar-refractivity contribution in [3.63, 3.8) is 0 Å². The molecule has 2 aromatic rings. The number of nitrogens with zero attached hydrogens (tertiary/aromatic N) is 2. The Morgan fingerprint density at radius 2 is 2.00 bits per heavy atom. The maximum absolute atomic E-state index is 5.95. The fraction of sp³-hybridized carbons (Fsp3) is 0.438. The molecule has 0 bridgehead atoms. The van der Waals surface area contributed by atoms with E-state index in [4.69, 9.17) is 11.6 Å². The van der Waals surface area contributed by atoms with Crippen LogP contribution in [0.15, 0.2) is 36.7 Å². The zero-order chi connectivity index (χ0) is 14.4. The van der Waals surface area contributed by atoms with E-state index in [2.05, 4.69) is 40.8 Å². The van der Waals surface area contributed by atoms with Crippen molar-refractivity contribution in [3.8, 4) is 0 Å². The van der Waals surface area contributed by atoms with Crippen LogP contribution in [-0.2, 0) is 13.0 Å². The van der Waals surface area contributed by atoms with Crippen LogP contribution in [0, 0.1) is 0 Å². The molecule has 2 rings (SSSR count). The van der Waals surface area contributed by atoms with Gasteiger partial charge in [0.15, 0.2) is 0 Å². The van der Waals surface area contributed by atoms with Crippen molar-refractivity contribution in [3.05, 3.63) is 53.1 Å². The zero-order valence-electron chi connectivity index (χ0n) is 12.1. The summed E-state index contributed by atoms with van der Waals surface area (Å²) in [6, 6.07) is 8.30. The first-order valence-corrected chi connectivity index (χ1v) is 7.61. The Labute approximate surface area is 126 Å². The molecule has 0 amide bonds. The number of hydrogen-bond donors (Lipinski definition) is 1. The molecule has 0 saturated carbocycles. The van der Waals surface area contributed by atoms with E-state index in [-0.39, 0.29) is 6.04 Å². The fourth-order valence-corrected chi connectivity index (χ4v) is 2.45. The molecule has 0 aliphatic carbocycles. The Bertz CT molecular complexity index is 519. The van der Waals surface area contributed by atoms with Gasteiger partial charge < -0.3 is 9.88 Å². The minimum absolute atomic E-state index is 0.242. The van der Waals surface area contributed by atoms with E-state index in [1.165, 1.54) is 5.56 Å². The Morgan fingerprint density at radius 1 is 1.25 bits per heavy atom. The van der Waals surface area contributed by atoms with Crippen LogP contribution >= 0.6 is 11.6 Å². The van der Waals surface area contributed by atoms with Crippen LogP contribution in [0.5, 0.6) is 0 Å². The lowest BCUT2D eigenvalue weighted by molar-refractivity contribution is 0.482. The summed E-state index contributed by atoms with van der Waals surface area (Å²) in [5, 5.41) is 4.37. The van der Waals surface area contributed by atoms with Gasteiger partial charge in [-0.05, 0) is 44.0 Å². The summed E-state index contributed by atoms with van der Waals surface area (Å²) in [6.45, 7) is 6.26. The molecule has 4 heteroatoms. The van der Waals surface area contributed by atoms with Gasteiger partial charge >= 0.3 is 0 Å². The molecule has 1 unspecified atom stereocenters. The van der Waals surface area contributed by atoms with Gasteiger partial charge in [0, 0.05) is 24.0 Å². The van der Waals surface area contributed by atoms with Crippen molar-refractivity contribution in [1.82, 2.24) is 14.9 Å². The van der Waals surface area contributed by atoms with Crippen LogP contribution in [0.4, 0.5) is 0 Å². The van der Waals surface area contributed by atoms with Gasteiger partial charge in [-0.3, -0.25) is 0 Å². The van der Waals surface area contributed by atoms with Crippen molar-refractivity contribution in [2.24, 2.45) is 0 Å². The van der Waals surface area contributed by atoms with Crippen molar-refractivity contribution in [2.45, 2.75) is 39.3 Å². The highest BCUT2D eigenvalue weighted by molar-refractivity contribution is 6.30. The van der Waals surface area contributed by atoms with Gasteiger partial charge in [0.2, 0.25) is 0 Å². The summed E-state index contributed by atoms with van der Waals surface area (Å²) in [5.41, 5.74) is 1.27. The molecule has 1 aromatic heterocycles. The molecule has 3 nitrogen and oxygen atoms in total. The molecule has 1 N–H and O–H groups in total. The van der Waals surface area contributed by atoms with Gasteiger partial charge in [-0.1, -0.05) is 30.7 Å². The quantitative estimate of drug-likeness (QED) is 0.840. The average Bonchev–Trinajstić information content (AvgIpc) is 2.94. The normalized spacial score (nSPS) is 12.6. The molecule has 20 heavy (non-hydrogen) atoms. The highest BCUT2D eigenvalue weighted by Gasteiger charge is 2.16. The summed E-state index contributed by atoms with van der Waals surface area (Å²) in [7, 11) is 0. The van der Waals surface area contributed by atoms with Gasteiger partial charge in [0.05, 0.1) is 6.04 Å². The molecule has 0 fully saturated rings. The number of rotatable bonds is 7. The number of aryl methyl sites for hydroxylation is 1. The summed E-state index contributed by atoms with van der Waals surface area (Å²) >= 11 is 5.95. The number of hydrogen-bond acceptors (Lipinski definition) is 2. The minimum atomic E-state index is 0.242. The van der Waals surface area contributed by atoms with Gasteiger partial charge in [-0.15, -0.1) is 0 Å². The fourth-order valence-electron chi connectivity index (χ4n) is 2.33. The second-order valence-corrected chi connectivity index (χ2v) is 5.35. The predicted octanol–water partition coefficient (Wildman–Crippen LogP) is 3.84. The van der Waals surface area contributed by atoms with E-state index < -0.39 is 0 Å². The van der Waals surface area contributed by atoms with E-state index in [1.54, 1.807) is 0 Å². The first-order valence-electron chi connectivity index (χ1n) is 7.23. The van der Waals surface area contributed by atoms with E-state index in [1.807, 2.05) is 24.5 Å². The first-order chi connectivity index (χ1) is 9.74. The van der Waals surface area contributed by atoms with Crippen LogP contribution in [0.2, 0.25) is 5.02 Å². The summed E-state index contributed by atoms with van der Waals surface area (Å²) < 4.78 is 2.20. The molecule has 108 valence electrons. The largest absolute Gasteiger partial charge is 0.334 e. The Kier molecular flexibility index (Phi) is 5.62. The molecule has 0 saturated heterocycles. The topological polar surface area (TPSA) is 29.9 Å². The van der Waals surface area contributed by atoms with Crippen molar-refractivity contribution in [2.75, 3.05) is 6.54 Å². The SMILES string of the molecule is CCCNC(Cc1ccc(Cl)cc1)c1nccn1CC. The number of nitrogens with one attached hydrogen (secondary N) is 1. The van der Waals surface area contributed by atoms with E-state index in [0.717, 1.165) is 36.8 Å². The third-order valence-corrected chi connectivity index (χ3v) is 3.65. The van der Waals surface area contributed by atoms with Gasteiger partial charge in [-0.2, -0.15) is 0 Å². The molecule has 0 aliphatic rings. The second-order valence-electron chi connectivity index (χ2n) is 4.91. The Morgan fingerprint density at radius 3 is 2.65 bits per heavy atom. The highest BCUT2D eigenvalue weighted by atomic mass is 35.5. The third-order valence-electron chi connectivity index (χ3n) is 3.39. The molecular formula is C16H22ClN3. The zero-order valence-corrected chi connectivity index (χ0v) is 12.9. The highest BCUT2D eigenvalue weighted by Crippen LogP contribution is 2.19. The number of aromatic nitrogens is 2. The maximum Gasteiger partial charge on any atom is 0.126 e. The van der Waals surface area contributed by atoms with Gasteiger partial charge in [0.25, 0.3) is 0 Å². The molecule has 1 heterocycles. The summed E-state index contributed by atoms with van der Waals surface area (Å²) in [4.78, 5) is 4.53. The first kappa shape index (κ1) is 15.1.